The van der Waals surface area contributed by atoms with Crippen molar-refractivity contribution in [2.45, 2.75) is 6.54 Å². The molecule has 0 unspecified atom stereocenters. The van der Waals surface area contributed by atoms with E-state index in [-0.39, 0.29) is 0 Å². The Morgan fingerprint density at radius 1 is 1.21 bits per heavy atom. The van der Waals surface area contributed by atoms with Crippen LogP contribution in [-0.2, 0) is 6.54 Å². The molecule has 0 amide bonds. The molecule has 0 spiro atoms. The Labute approximate surface area is 127 Å². The maximum atomic E-state index is 6.06. The highest BCUT2D eigenvalue weighted by molar-refractivity contribution is 7.80. The molecular weight excluding hydrogens is 301 g/mol. The number of hydrogen-bond acceptors (Lipinski definition) is 2. The summed E-state index contributed by atoms with van der Waals surface area (Å²) in [5.74, 6) is 0. The number of pyridine rings is 1. The van der Waals surface area contributed by atoms with Crippen LogP contribution in [-0.4, -0.2) is 10.1 Å². The third kappa shape index (κ3) is 4.06. The van der Waals surface area contributed by atoms with Gasteiger partial charge in [-0.15, -0.1) is 0 Å². The van der Waals surface area contributed by atoms with Gasteiger partial charge in [0.1, 0.15) is 0 Å². The highest BCUT2D eigenvalue weighted by Crippen LogP contribution is 2.29. The van der Waals surface area contributed by atoms with Crippen LogP contribution in [0.5, 0.6) is 0 Å². The second-order valence-corrected chi connectivity index (χ2v) is 4.96. The van der Waals surface area contributed by atoms with Crippen LogP contribution in [0.15, 0.2) is 42.7 Å². The van der Waals surface area contributed by atoms with Gasteiger partial charge in [-0.2, -0.15) is 0 Å². The van der Waals surface area contributed by atoms with E-state index in [0.29, 0.717) is 27.4 Å². The van der Waals surface area contributed by atoms with E-state index >= 15 is 0 Å². The molecule has 0 aliphatic carbocycles. The van der Waals surface area contributed by atoms with Gasteiger partial charge < -0.3 is 10.6 Å². The van der Waals surface area contributed by atoms with Crippen molar-refractivity contribution >= 4 is 46.2 Å². The molecule has 0 fully saturated rings. The Hall–Kier alpha value is -1.36. The second-order valence-electron chi connectivity index (χ2n) is 3.77. The lowest BCUT2D eigenvalue weighted by Crippen LogP contribution is -2.28. The minimum Gasteiger partial charge on any atom is -0.358 e. The zero-order valence-corrected chi connectivity index (χ0v) is 12.2. The SMILES string of the molecule is S=C(NCc1cccnc1)Nc1cccc(Cl)c1Cl. The van der Waals surface area contributed by atoms with Gasteiger partial charge in [-0.1, -0.05) is 35.3 Å². The summed E-state index contributed by atoms with van der Waals surface area (Å²) in [6, 6.07) is 9.18. The third-order valence-electron chi connectivity index (χ3n) is 2.38. The van der Waals surface area contributed by atoms with Gasteiger partial charge in [0, 0.05) is 18.9 Å². The van der Waals surface area contributed by atoms with Crippen molar-refractivity contribution in [2.75, 3.05) is 5.32 Å². The summed E-state index contributed by atoms with van der Waals surface area (Å²) in [6.07, 6.45) is 3.51. The summed E-state index contributed by atoms with van der Waals surface area (Å²) in [6.45, 7) is 0.595. The molecule has 2 rings (SSSR count). The summed E-state index contributed by atoms with van der Waals surface area (Å²) in [4.78, 5) is 4.03. The molecule has 2 aromatic rings. The molecule has 0 aliphatic rings. The van der Waals surface area contributed by atoms with E-state index in [1.165, 1.54) is 0 Å². The Morgan fingerprint density at radius 2 is 2.05 bits per heavy atom. The number of nitrogens with one attached hydrogen (secondary N) is 2. The van der Waals surface area contributed by atoms with Gasteiger partial charge >= 0.3 is 0 Å². The van der Waals surface area contributed by atoms with Gasteiger partial charge in [0.05, 0.1) is 15.7 Å². The average molecular weight is 312 g/mol. The lowest BCUT2D eigenvalue weighted by Gasteiger charge is -2.12. The van der Waals surface area contributed by atoms with E-state index < -0.39 is 0 Å². The fraction of sp³-hybridized carbons (Fsp3) is 0.0769. The van der Waals surface area contributed by atoms with Gasteiger partial charge in [-0.3, -0.25) is 4.98 Å². The standard InChI is InChI=1S/C13H11Cl2N3S/c14-10-4-1-5-11(12(10)15)18-13(19)17-8-9-3-2-6-16-7-9/h1-7H,8H2,(H2,17,18,19). The van der Waals surface area contributed by atoms with Crippen LogP contribution in [0.25, 0.3) is 0 Å². The number of thiocarbonyl (C=S) groups is 1. The highest BCUT2D eigenvalue weighted by atomic mass is 35.5. The minimum atomic E-state index is 0.453. The van der Waals surface area contributed by atoms with Gasteiger partial charge in [0.2, 0.25) is 0 Å². The highest BCUT2D eigenvalue weighted by Gasteiger charge is 2.05. The first-order valence-corrected chi connectivity index (χ1v) is 6.71. The third-order valence-corrected chi connectivity index (χ3v) is 3.44. The Bertz CT molecular complexity index is 575. The summed E-state index contributed by atoms with van der Waals surface area (Å²) in [5.41, 5.74) is 1.72. The molecule has 1 aromatic heterocycles. The number of nitrogens with zero attached hydrogens (tertiary/aromatic N) is 1. The number of halogens is 2. The van der Waals surface area contributed by atoms with Gasteiger partial charge in [0.25, 0.3) is 0 Å². The quantitative estimate of drug-likeness (QED) is 0.844. The second kappa shape index (κ2) is 6.70. The van der Waals surface area contributed by atoms with Crippen molar-refractivity contribution in [1.82, 2.24) is 10.3 Å². The number of benzene rings is 1. The maximum absolute atomic E-state index is 6.06. The largest absolute Gasteiger partial charge is 0.358 e. The molecule has 3 nitrogen and oxygen atoms in total. The molecule has 1 aromatic carbocycles. The van der Waals surface area contributed by atoms with E-state index in [4.69, 9.17) is 35.4 Å². The predicted octanol–water partition coefficient (Wildman–Crippen LogP) is 3.88. The molecule has 6 heteroatoms. The van der Waals surface area contributed by atoms with Crippen LogP contribution in [0.2, 0.25) is 10.0 Å². The average Bonchev–Trinajstić information content (AvgIpc) is 2.43. The monoisotopic (exact) mass is 311 g/mol. The normalized spacial score (nSPS) is 10.0. The predicted molar refractivity (Wildman–Crippen MR) is 83.8 cm³/mol. The topological polar surface area (TPSA) is 37.0 Å². The van der Waals surface area contributed by atoms with E-state index in [2.05, 4.69) is 15.6 Å². The summed E-state index contributed by atoms with van der Waals surface area (Å²) in [7, 11) is 0. The van der Waals surface area contributed by atoms with Crippen molar-refractivity contribution in [1.29, 1.82) is 0 Å². The smallest absolute Gasteiger partial charge is 0.171 e. The molecule has 0 saturated carbocycles. The molecule has 0 saturated heterocycles. The fourth-order valence-corrected chi connectivity index (χ4v) is 1.98. The van der Waals surface area contributed by atoms with Crippen LogP contribution >= 0.6 is 35.4 Å². The van der Waals surface area contributed by atoms with Gasteiger partial charge in [-0.25, -0.2) is 0 Å². The zero-order chi connectivity index (χ0) is 13.7. The van der Waals surface area contributed by atoms with Crippen molar-refractivity contribution in [3.63, 3.8) is 0 Å². The number of hydrogen-bond donors (Lipinski definition) is 2. The summed E-state index contributed by atoms with van der Waals surface area (Å²) < 4.78 is 0. The van der Waals surface area contributed by atoms with Gasteiger partial charge in [-0.05, 0) is 36.0 Å². The maximum Gasteiger partial charge on any atom is 0.171 e. The Kier molecular flexibility index (Phi) is 4.96. The van der Waals surface area contributed by atoms with E-state index in [9.17, 15) is 0 Å². The molecule has 1 heterocycles. The molecule has 0 aliphatic heterocycles. The fourth-order valence-electron chi connectivity index (χ4n) is 1.45. The Morgan fingerprint density at radius 3 is 2.79 bits per heavy atom. The molecule has 0 radical (unpaired) electrons. The molecular formula is C13H11Cl2N3S. The van der Waals surface area contributed by atoms with Crippen LogP contribution in [0, 0.1) is 0 Å². The van der Waals surface area contributed by atoms with E-state index in [1.807, 2.05) is 18.2 Å². The minimum absolute atomic E-state index is 0.453. The molecule has 19 heavy (non-hydrogen) atoms. The molecule has 0 atom stereocenters. The van der Waals surface area contributed by atoms with Crippen LogP contribution in [0.4, 0.5) is 5.69 Å². The molecule has 2 N–H and O–H groups in total. The van der Waals surface area contributed by atoms with Gasteiger partial charge in [0.15, 0.2) is 5.11 Å². The Balaban J connectivity index is 1.93. The van der Waals surface area contributed by atoms with Crippen LogP contribution in [0.3, 0.4) is 0 Å². The summed E-state index contributed by atoms with van der Waals surface area (Å²) >= 11 is 17.2. The number of anilines is 1. The first-order chi connectivity index (χ1) is 9.16. The van der Waals surface area contributed by atoms with Crippen molar-refractivity contribution in [2.24, 2.45) is 0 Å². The van der Waals surface area contributed by atoms with E-state index in [0.717, 1.165) is 5.56 Å². The van der Waals surface area contributed by atoms with Crippen molar-refractivity contribution in [3.05, 3.63) is 58.3 Å². The number of rotatable bonds is 3. The lowest BCUT2D eigenvalue weighted by molar-refractivity contribution is 0.916. The van der Waals surface area contributed by atoms with E-state index in [1.54, 1.807) is 24.5 Å². The zero-order valence-electron chi connectivity index (χ0n) is 9.86. The first-order valence-electron chi connectivity index (χ1n) is 5.54. The van der Waals surface area contributed by atoms with Crippen molar-refractivity contribution in [3.8, 4) is 0 Å². The molecule has 0 bridgehead atoms. The van der Waals surface area contributed by atoms with Crippen LogP contribution < -0.4 is 10.6 Å². The molecule has 98 valence electrons. The summed E-state index contributed by atoms with van der Waals surface area (Å²) in [5, 5.41) is 7.50. The number of aromatic nitrogens is 1. The lowest BCUT2D eigenvalue weighted by atomic mass is 10.3. The van der Waals surface area contributed by atoms with Crippen molar-refractivity contribution < 1.29 is 0 Å². The first kappa shape index (κ1) is 14.1. The van der Waals surface area contributed by atoms with Crippen LogP contribution in [0.1, 0.15) is 5.56 Å².